The Morgan fingerprint density at radius 2 is 2.19 bits per heavy atom. The molecule has 0 aliphatic rings. The van der Waals surface area contributed by atoms with Crippen molar-refractivity contribution < 1.29 is 9.53 Å². The third-order valence-electron chi connectivity index (χ3n) is 2.38. The number of ether oxygens (including phenoxy) is 1. The molecule has 0 heterocycles. The van der Waals surface area contributed by atoms with Crippen LogP contribution < -0.4 is 0 Å². The van der Waals surface area contributed by atoms with Crippen LogP contribution in [0.25, 0.3) is 0 Å². The molecule has 4 heteroatoms. The van der Waals surface area contributed by atoms with Crippen LogP contribution in [-0.4, -0.2) is 13.1 Å². The van der Waals surface area contributed by atoms with Crippen molar-refractivity contribution in [3.8, 4) is 6.07 Å². The molecule has 0 saturated heterocycles. The van der Waals surface area contributed by atoms with Crippen molar-refractivity contribution in [2.75, 3.05) is 7.11 Å². The molecule has 0 amide bonds. The highest BCUT2D eigenvalue weighted by atomic mass is 35.5. The minimum atomic E-state index is -1.19. The summed E-state index contributed by atoms with van der Waals surface area (Å²) in [5.41, 5.74) is -0.432. The Labute approximate surface area is 99.6 Å². The molecular weight excluding hydrogens is 226 g/mol. The van der Waals surface area contributed by atoms with E-state index in [9.17, 15) is 4.79 Å². The van der Waals surface area contributed by atoms with Crippen LogP contribution in [-0.2, 0) is 16.0 Å². The summed E-state index contributed by atoms with van der Waals surface area (Å²) in [6.07, 6.45) is 0.246. The lowest BCUT2D eigenvalue weighted by Gasteiger charge is -2.18. The first-order valence-electron chi connectivity index (χ1n) is 4.76. The van der Waals surface area contributed by atoms with Gasteiger partial charge in [-0.15, -0.1) is 0 Å². The highest BCUT2D eigenvalue weighted by molar-refractivity contribution is 6.31. The summed E-state index contributed by atoms with van der Waals surface area (Å²) in [6.45, 7) is 1.54. The van der Waals surface area contributed by atoms with Gasteiger partial charge < -0.3 is 4.74 Å². The van der Waals surface area contributed by atoms with Crippen LogP contribution in [0.4, 0.5) is 0 Å². The van der Waals surface area contributed by atoms with Gasteiger partial charge in [0.05, 0.1) is 13.2 Å². The first-order valence-corrected chi connectivity index (χ1v) is 5.14. The Bertz CT molecular complexity index is 439. The topological polar surface area (TPSA) is 50.1 Å². The van der Waals surface area contributed by atoms with Gasteiger partial charge in [-0.25, -0.2) is 0 Å². The maximum atomic E-state index is 11.5. The quantitative estimate of drug-likeness (QED) is 0.760. The molecular formula is C12H12ClNO2. The van der Waals surface area contributed by atoms with Crippen molar-refractivity contribution in [2.45, 2.75) is 13.3 Å². The fourth-order valence-corrected chi connectivity index (χ4v) is 1.61. The number of carbonyl (C=O) groups excluding carboxylic acids is 1. The van der Waals surface area contributed by atoms with Crippen LogP contribution in [0.3, 0.4) is 0 Å². The molecule has 1 rings (SSSR count). The summed E-state index contributed by atoms with van der Waals surface area (Å²) >= 11 is 5.97. The van der Waals surface area contributed by atoms with Gasteiger partial charge in [0.2, 0.25) is 0 Å². The number of carbonyl (C=O) groups is 1. The summed E-state index contributed by atoms with van der Waals surface area (Å²) in [4.78, 5) is 11.5. The number of methoxy groups -OCH3 is 1. The van der Waals surface area contributed by atoms with Crippen LogP contribution in [0.1, 0.15) is 12.5 Å². The molecule has 0 saturated carbocycles. The minimum absolute atomic E-state index is 0.246. The van der Waals surface area contributed by atoms with Crippen LogP contribution in [0, 0.1) is 16.7 Å². The average Bonchev–Trinajstić information content (AvgIpc) is 2.31. The molecule has 1 unspecified atom stereocenters. The van der Waals surface area contributed by atoms with Gasteiger partial charge in [-0.1, -0.05) is 29.8 Å². The number of rotatable bonds is 3. The van der Waals surface area contributed by atoms with E-state index in [2.05, 4.69) is 4.74 Å². The third-order valence-corrected chi connectivity index (χ3v) is 2.75. The Kier molecular flexibility index (Phi) is 3.92. The summed E-state index contributed by atoms with van der Waals surface area (Å²) in [6, 6.07) is 9.11. The second-order valence-corrected chi connectivity index (χ2v) is 4.11. The van der Waals surface area contributed by atoms with Crippen LogP contribution in [0.2, 0.25) is 5.02 Å². The Balaban J connectivity index is 3.00. The zero-order chi connectivity index (χ0) is 12.2. The molecule has 0 bridgehead atoms. The van der Waals surface area contributed by atoms with E-state index in [1.165, 1.54) is 7.11 Å². The first kappa shape index (κ1) is 12.5. The van der Waals surface area contributed by atoms with Gasteiger partial charge >= 0.3 is 5.97 Å². The van der Waals surface area contributed by atoms with E-state index in [0.29, 0.717) is 5.02 Å². The lowest BCUT2D eigenvalue weighted by atomic mass is 9.85. The molecule has 16 heavy (non-hydrogen) atoms. The van der Waals surface area contributed by atoms with Crippen LogP contribution in [0.15, 0.2) is 24.3 Å². The maximum Gasteiger partial charge on any atom is 0.326 e. The second kappa shape index (κ2) is 5.00. The molecule has 0 aliphatic heterocycles. The SMILES string of the molecule is COC(=O)C(C)(C#N)Cc1ccccc1Cl. The van der Waals surface area contributed by atoms with E-state index in [-0.39, 0.29) is 6.42 Å². The summed E-state index contributed by atoms with van der Waals surface area (Å²) in [7, 11) is 1.27. The molecule has 0 spiro atoms. The molecule has 3 nitrogen and oxygen atoms in total. The standard InChI is InChI=1S/C12H12ClNO2/c1-12(8-14,11(15)16-2)7-9-5-3-4-6-10(9)13/h3-6H,7H2,1-2H3. The fourth-order valence-electron chi connectivity index (χ4n) is 1.41. The van der Waals surface area contributed by atoms with Gasteiger partial charge in [0.15, 0.2) is 5.41 Å². The normalized spacial score (nSPS) is 13.6. The van der Waals surface area contributed by atoms with Crippen molar-refractivity contribution >= 4 is 17.6 Å². The number of hydrogen-bond donors (Lipinski definition) is 0. The smallest absolute Gasteiger partial charge is 0.326 e. The van der Waals surface area contributed by atoms with Crippen molar-refractivity contribution in [3.63, 3.8) is 0 Å². The van der Waals surface area contributed by atoms with Crippen molar-refractivity contribution in [1.82, 2.24) is 0 Å². The number of nitrogens with zero attached hydrogens (tertiary/aromatic N) is 1. The van der Waals surface area contributed by atoms with E-state index < -0.39 is 11.4 Å². The van der Waals surface area contributed by atoms with E-state index in [1.54, 1.807) is 25.1 Å². The molecule has 84 valence electrons. The lowest BCUT2D eigenvalue weighted by molar-refractivity contribution is -0.148. The van der Waals surface area contributed by atoms with E-state index in [4.69, 9.17) is 16.9 Å². The second-order valence-electron chi connectivity index (χ2n) is 3.70. The summed E-state index contributed by atoms with van der Waals surface area (Å²) in [5.74, 6) is -0.546. The Morgan fingerprint density at radius 3 is 2.69 bits per heavy atom. The zero-order valence-electron chi connectivity index (χ0n) is 9.16. The van der Waals surface area contributed by atoms with Gasteiger partial charge in [0, 0.05) is 11.4 Å². The van der Waals surface area contributed by atoms with E-state index in [0.717, 1.165) is 5.56 Å². The monoisotopic (exact) mass is 237 g/mol. The van der Waals surface area contributed by atoms with Crippen molar-refractivity contribution in [2.24, 2.45) is 5.41 Å². The Morgan fingerprint density at radius 1 is 1.56 bits per heavy atom. The van der Waals surface area contributed by atoms with Crippen LogP contribution in [0.5, 0.6) is 0 Å². The molecule has 1 aromatic carbocycles. The van der Waals surface area contributed by atoms with E-state index >= 15 is 0 Å². The predicted molar refractivity (Wildman–Crippen MR) is 60.9 cm³/mol. The fraction of sp³-hybridized carbons (Fsp3) is 0.333. The summed E-state index contributed by atoms with van der Waals surface area (Å²) < 4.78 is 4.61. The first-order chi connectivity index (χ1) is 7.53. The number of halogens is 1. The van der Waals surface area contributed by atoms with E-state index in [1.807, 2.05) is 12.1 Å². The molecule has 0 radical (unpaired) electrons. The molecule has 0 N–H and O–H groups in total. The van der Waals surface area contributed by atoms with Gasteiger partial charge in [-0.05, 0) is 18.6 Å². The van der Waals surface area contributed by atoms with Gasteiger partial charge in [0.1, 0.15) is 0 Å². The third kappa shape index (κ3) is 2.53. The van der Waals surface area contributed by atoms with Gasteiger partial charge in [-0.3, -0.25) is 4.79 Å². The summed E-state index contributed by atoms with van der Waals surface area (Å²) in [5, 5.41) is 9.59. The predicted octanol–water partition coefficient (Wildman–Crippen LogP) is 2.59. The molecule has 1 aromatic rings. The number of esters is 1. The number of benzene rings is 1. The highest BCUT2D eigenvalue weighted by Gasteiger charge is 2.35. The lowest BCUT2D eigenvalue weighted by Crippen LogP contribution is -2.29. The van der Waals surface area contributed by atoms with Gasteiger partial charge in [-0.2, -0.15) is 5.26 Å². The highest BCUT2D eigenvalue weighted by Crippen LogP contribution is 2.27. The largest absolute Gasteiger partial charge is 0.468 e. The van der Waals surface area contributed by atoms with Crippen molar-refractivity contribution in [3.05, 3.63) is 34.9 Å². The van der Waals surface area contributed by atoms with Gasteiger partial charge in [0.25, 0.3) is 0 Å². The molecule has 0 aromatic heterocycles. The van der Waals surface area contributed by atoms with Crippen molar-refractivity contribution in [1.29, 1.82) is 5.26 Å². The molecule has 0 aliphatic carbocycles. The Hall–Kier alpha value is -1.53. The maximum absolute atomic E-state index is 11.5. The molecule has 1 atom stereocenters. The van der Waals surface area contributed by atoms with Crippen LogP contribution >= 0.6 is 11.6 Å². The zero-order valence-corrected chi connectivity index (χ0v) is 9.91. The minimum Gasteiger partial charge on any atom is -0.468 e. The molecule has 0 fully saturated rings. The number of nitriles is 1. The number of hydrogen-bond acceptors (Lipinski definition) is 3. The average molecular weight is 238 g/mol.